The first-order chi connectivity index (χ1) is 7.66. The van der Waals surface area contributed by atoms with E-state index in [9.17, 15) is 0 Å². The lowest BCUT2D eigenvalue weighted by Crippen LogP contribution is -2.58. The highest BCUT2D eigenvalue weighted by Crippen LogP contribution is 2.10. The third-order valence-corrected chi connectivity index (χ3v) is 2.74. The number of rotatable bonds is 0. The summed E-state index contributed by atoms with van der Waals surface area (Å²) in [5.41, 5.74) is 2.34. The summed E-state index contributed by atoms with van der Waals surface area (Å²) in [6.45, 7) is 6.24. The summed E-state index contributed by atoms with van der Waals surface area (Å²) < 4.78 is 34.9. The van der Waals surface area contributed by atoms with E-state index in [1.807, 2.05) is 6.92 Å². The molecule has 0 unspecified atom stereocenters. The number of thiazole rings is 1. The maximum absolute atomic E-state index is 8.60. The van der Waals surface area contributed by atoms with E-state index in [1.165, 1.54) is 10.6 Å². The van der Waals surface area contributed by atoms with Crippen molar-refractivity contribution >= 4 is 16.3 Å². The molecule has 2 heterocycles. The highest BCUT2D eigenvalue weighted by atomic mass is 35.7. The van der Waals surface area contributed by atoms with E-state index in [4.69, 9.17) is 18.6 Å². The smallest absolute Gasteiger partial charge is 0.190 e. The van der Waals surface area contributed by atoms with E-state index >= 15 is 0 Å². The predicted octanol–water partition coefficient (Wildman–Crippen LogP) is -2.32. The number of nitrogens with zero attached hydrogens (tertiary/aromatic N) is 2. The largest absolute Gasteiger partial charge is 0.387 e. The van der Waals surface area contributed by atoms with Crippen LogP contribution in [-0.4, -0.2) is 9.64 Å². The second-order valence-corrected chi connectivity index (χ2v) is 5.43. The molecular weight excluding hydrogens is 268 g/mol. The van der Waals surface area contributed by atoms with Crippen LogP contribution in [0.4, 0.5) is 0 Å². The number of hydrogen-bond donors (Lipinski definition) is 1. The van der Waals surface area contributed by atoms with Crippen molar-refractivity contribution in [1.82, 2.24) is 4.98 Å². The summed E-state index contributed by atoms with van der Waals surface area (Å²) in [7, 11) is -4.69. The van der Waals surface area contributed by atoms with Crippen LogP contribution in [0.3, 0.4) is 0 Å². The lowest BCUT2D eigenvalue weighted by Gasteiger charge is -2.03. The monoisotopic (exact) mass is 279 g/mol. The molecule has 0 atom stereocenters. The van der Waals surface area contributed by atoms with Crippen LogP contribution in [0.2, 0.25) is 0 Å². The number of hydrogen-bond acceptors (Lipinski definition) is 6. The summed E-state index contributed by atoms with van der Waals surface area (Å²) in [4.78, 5) is 6.83. The van der Waals surface area contributed by atoms with Crippen molar-refractivity contribution in [2.24, 2.45) is 0 Å². The highest BCUT2D eigenvalue weighted by Gasteiger charge is 2.11. The fourth-order valence-corrected chi connectivity index (χ4v) is 2.27. The standard InChI is InChI=1S/C9H11N2S.ClHO4/c1-6-4-7(2)11-5-8(3)12-9(11)10-6;2-1(3,4)5/h4-5H,1-3H3;(H,2,3,4,5)/q+1;. The van der Waals surface area contributed by atoms with Gasteiger partial charge < -0.3 is 0 Å². The minimum absolute atomic E-state index is 1.09. The Morgan fingerprint density at radius 2 is 1.82 bits per heavy atom. The van der Waals surface area contributed by atoms with Crippen molar-refractivity contribution < 1.29 is 33.3 Å². The second kappa shape index (κ2) is 5.21. The molecule has 0 aromatic carbocycles. The fraction of sp³-hybridized carbons (Fsp3) is 0.333. The van der Waals surface area contributed by atoms with Crippen LogP contribution in [-0.2, 0) is 0 Å². The molecule has 0 radical (unpaired) electrons. The number of fused-ring (bicyclic) bond motifs is 1. The molecule has 0 aliphatic rings. The zero-order valence-corrected chi connectivity index (χ0v) is 11.1. The van der Waals surface area contributed by atoms with Gasteiger partial charge >= 0.3 is 4.96 Å². The molecule has 0 fully saturated rings. The lowest BCUT2D eigenvalue weighted by molar-refractivity contribution is -1.92. The van der Waals surface area contributed by atoms with E-state index < -0.39 is 10.2 Å². The Morgan fingerprint density at radius 1 is 1.29 bits per heavy atom. The van der Waals surface area contributed by atoms with Gasteiger partial charge in [0.1, 0.15) is 11.9 Å². The van der Waals surface area contributed by atoms with Gasteiger partial charge in [-0.3, -0.25) is 0 Å². The Morgan fingerprint density at radius 3 is 2.35 bits per heavy atom. The van der Waals surface area contributed by atoms with E-state index in [0.717, 1.165) is 10.7 Å². The van der Waals surface area contributed by atoms with Gasteiger partial charge in [-0.1, -0.05) is 0 Å². The lowest BCUT2D eigenvalue weighted by atomic mass is 10.3. The molecule has 0 aliphatic carbocycles. The van der Waals surface area contributed by atoms with Crippen LogP contribution in [0.5, 0.6) is 0 Å². The van der Waals surface area contributed by atoms with Gasteiger partial charge in [0.25, 0.3) is 0 Å². The highest BCUT2D eigenvalue weighted by molar-refractivity contribution is 7.16. The van der Waals surface area contributed by atoms with Crippen LogP contribution >= 0.6 is 11.3 Å². The van der Waals surface area contributed by atoms with Gasteiger partial charge in [-0.2, -0.15) is 18.4 Å². The van der Waals surface area contributed by atoms with Gasteiger partial charge in [0, 0.05) is 17.9 Å². The molecule has 0 saturated carbocycles. The second-order valence-electron chi connectivity index (χ2n) is 3.43. The Bertz CT molecular complexity index is 517. The van der Waals surface area contributed by atoms with Crippen molar-refractivity contribution in [3.63, 3.8) is 0 Å². The average Bonchev–Trinajstić information content (AvgIpc) is 2.42. The normalized spacial score (nSPS) is 11.2. The van der Waals surface area contributed by atoms with Gasteiger partial charge in [0.2, 0.25) is 0 Å². The van der Waals surface area contributed by atoms with Crippen LogP contribution < -0.4 is 18.4 Å². The minimum atomic E-state index is -4.69. The number of halogens is 1. The molecule has 2 aromatic heterocycles. The molecule has 0 bridgehead atoms. The van der Waals surface area contributed by atoms with Crippen LogP contribution in [0, 0.1) is 31.0 Å². The first-order valence-corrected chi connectivity index (χ1v) is 6.64. The van der Waals surface area contributed by atoms with Crippen LogP contribution in [0.1, 0.15) is 16.3 Å². The Kier molecular flexibility index (Phi) is 4.36. The molecule has 0 aliphatic heterocycles. The molecule has 1 N–H and O–H groups in total. The van der Waals surface area contributed by atoms with E-state index in [1.54, 1.807) is 11.3 Å². The van der Waals surface area contributed by atoms with Gasteiger partial charge in [-0.15, -0.1) is 0 Å². The summed E-state index contributed by atoms with van der Waals surface area (Å²) in [5, 5.41) is 0. The van der Waals surface area contributed by atoms with Crippen molar-refractivity contribution in [2.45, 2.75) is 20.8 Å². The minimum Gasteiger partial charge on any atom is -0.190 e. The molecule has 6 nitrogen and oxygen atoms in total. The SMILES string of the molecule is Cc1cc(C)[n+]2cc(C)sc2n1.[O-][Cl+3]([O-])([O-])O. The first-order valence-electron chi connectivity index (χ1n) is 4.56. The molecule has 0 spiro atoms. The van der Waals surface area contributed by atoms with E-state index in [2.05, 4.69) is 35.5 Å². The van der Waals surface area contributed by atoms with E-state index in [-0.39, 0.29) is 0 Å². The maximum atomic E-state index is 8.60. The summed E-state index contributed by atoms with van der Waals surface area (Å²) >= 11 is 1.73. The van der Waals surface area contributed by atoms with Crippen LogP contribution in [0.25, 0.3) is 4.96 Å². The number of aromatic nitrogens is 2. The average molecular weight is 280 g/mol. The van der Waals surface area contributed by atoms with Crippen molar-refractivity contribution in [3.05, 3.63) is 28.5 Å². The van der Waals surface area contributed by atoms with Gasteiger partial charge in [0.15, 0.2) is 5.69 Å². The van der Waals surface area contributed by atoms with Gasteiger partial charge in [-0.25, -0.2) is 0 Å². The molecule has 2 rings (SSSR count). The summed E-state index contributed by atoms with van der Waals surface area (Å²) in [6.07, 6.45) is 2.13. The molecule has 17 heavy (non-hydrogen) atoms. The van der Waals surface area contributed by atoms with Gasteiger partial charge in [0.05, 0.1) is 14.9 Å². The first kappa shape index (κ1) is 14.2. The van der Waals surface area contributed by atoms with Crippen LogP contribution in [0.15, 0.2) is 12.3 Å². The topological polar surface area (TPSA) is 106 Å². The molecule has 0 amide bonds. The molecular formula is C9H12ClN2O4S+. The quantitative estimate of drug-likeness (QED) is 0.545. The van der Waals surface area contributed by atoms with E-state index in [0.29, 0.717) is 0 Å². The zero-order chi connectivity index (χ0) is 13.2. The summed E-state index contributed by atoms with van der Waals surface area (Å²) in [5.74, 6) is 0. The maximum Gasteiger partial charge on any atom is 0.387 e. The predicted molar refractivity (Wildman–Crippen MR) is 51.7 cm³/mol. The Labute approximate surface area is 104 Å². The fourth-order valence-electron chi connectivity index (χ4n) is 1.34. The van der Waals surface area contributed by atoms with Crippen molar-refractivity contribution in [1.29, 1.82) is 0 Å². The third kappa shape index (κ3) is 4.90. The number of aryl methyl sites for hydroxylation is 3. The van der Waals surface area contributed by atoms with Crippen molar-refractivity contribution in [3.8, 4) is 0 Å². The third-order valence-electron chi connectivity index (χ3n) is 1.84. The Hall–Kier alpha value is -0.830. The van der Waals surface area contributed by atoms with Gasteiger partial charge in [-0.05, 0) is 30.2 Å². The Balaban J connectivity index is 0.000000249. The molecule has 94 valence electrons. The molecule has 8 heteroatoms. The summed E-state index contributed by atoms with van der Waals surface area (Å²) in [6, 6.07) is 2.10. The zero-order valence-electron chi connectivity index (χ0n) is 9.51. The van der Waals surface area contributed by atoms with Crippen molar-refractivity contribution in [2.75, 3.05) is 0 Å². The molecule has 0 saturated heterocycles. The molecule has 2 aromatic rings.